The van der Waals surface area contributed by atoms with Crippen molar-refractivity contribution < 1.29 is 28.9 Å². The summed E-state index contributed by atoms with van der Waals surface area (Å²) in [6.45, 7) is 4.52. The maximum absolute atomic E-state index is 12.7. The normalized spacial score (nSPS) is 25.1. The molecule has 3 heterocycles. The number of methoxy groups -OCH3 is 1. The van der Waals surface area contributed by atoms with Crippen LogP contribution in [0.25, 0.3) is 0 Å². The summed E-state index contributed by atoms with van der Waals surface area (Å²) in [5, 5.41) is 16.3. The first-order valence-corrected chi connectivity index (χ1v) is 11.4. The molecule has 3 fully saturated rings. The first-order chi connectivity index (χ1) is 16.5. The van der Waals surface area contributed by atoms with Crippen molar-refractivity contribution in [1.82, 2.24) is 25.3 Å². The fourth-order valence-electron chi connectivity index (χ4n) is 4.19. The quantitative estimate of drug-likeness (QED) is 0.407. The van der Waals surface area contributed by atoms with Gasteiger partial charge in [-0.2, -0.15) is 0 Å². The summed E-state index contributed by atoms with van der Waals surface area (Å²) in [5.74, 6) is 1.35. The van der Waals surface area contributed by atoms with E-state index >= 15 is 0 Å². The van der Waals surface area contributed by atoms with Crippen molar-refractivity contribution in [3.63, 3.8) is 0 Å². The van der Waals surface area contributed by atoms with E-state index in [4.69, 9.17) is 14.2 Å². The number of imide groups is 1. The van der Waals surface area contributed by atoms with E-state index in [0.717, 1.165) is 19.6 Å². The molecule has 0 saturated carbocycles. The Hall–Kier alpha value is -3.09. The predicted molar refractivity (Wildman–Crippen MR) is 123 cm³/mol. The zero-order chi connectivity index (χ0) is 24.1. The molecule has 3 amide bonds. The number of aliphatic hydroxyl groups excluding tert-OH is 1. The number of ether oxygens (including phenoxy) is 3. The number of carbonyl (C=O) groups is 2. The van der Waals surface area contributed by atoms with Crippen LogP contribution in [-0.2, 0) is 9.53 Å². The van der Waals surface area contributed by atoms with Gasteiger partial charge >= 0.3 is 6.03 Å². The summed E-state index contributed by atoms with van der Waals surface area (Å²) in [5.41, 5.74) is 0. The van der Waals surface area contributed by atoms with Gasteiger partial charge in [0.15, 0.2) is 12.0 Å². The van der Waals surface area contributed by atoms with E-state index in [9.17, 15) is 14.7 Å². The third-order valence-corrected chi connectivity index (χ3v) is 6.11. The zero-order valence-electron chi connectivity index (χ0n) is 19.5. The molecule has 3 aliphatic heterocycles. The minimum atomic E-state index is -0.900. The average Bonchev–Trinajstić information content (AvgIpc) is 3.21. The highest BCUT2D eigenvalue weighted by atomic mass is 16.5. The second-order valence-electron chi connectivity index (χ2n) is 8.39. The molecule has 3 N–H and O–H groups in total. The Morgan fingerprint density at radius 3 is 2.62 bits per heavy atom. The number of urea groups is 1. The Morgan fingerprint density at radius 2 is 1.91 bits per heavy atom. The molecule has 12 heteroatoms. The lowest BCUT2D eigenvalue weighted by molar-refractivity contribution is -0.127. The average molecular weight is 477 g/mol. The number of rotatable bonds is 9. The predicted octanol–water partition coefficient (Wildman–Crippen LogP) is -1.10. The Balaban J connectivity index is 1.41. The van der Waals surface area contributed by atoms with Gasteiger partial charge in [-0.25, -0.2) is 4.79 Å². The number of benzene rings is 1. The maximum atomic E-state index is 12.7. The van der Waals surface area contributed by atoms with Crippen LogP contribution in [0.2, 0.25) is 0 Å². The summed E-state index contributed by atoms with van der Waals surface area (Å²) in [7, 11) is 3.20. The van der Waals surface area contributed by atoms with Crippen LogP contribution in [0.4, 0.5) is 4.79 Å². The van der Waals surface area contributed by atoms with Crippen molar-refractivity contribution in [1.29, 1.82) is 0 Å². The number of aliphatic imine (C=N–C) groups is 1. The molecular formula is C22H32N6O6. The topological polar surface area (TPSA) is 128 Å². The van der Waals surface area contributed by atoms with Crippen LogP contribution in [0, 0.1) is 0 Å². The van der Waals surface area contributed by atoms with Crippen LogP contribution in [0.1, 0.15) is 0 Å². The van der Waals surface area contributed by atoms with Crippen LogP contribution in [0.5, 0.6) is 11.5 Å². The monoisotopic (exact) mass is 476 g/mol. The lowest BCUT2D eigenvalue weighted by atomic mass is 10.1. The molecule has 3 saturated heterocycles. The summed E-state index contributed by atoms with van der Waals surface area (Å²) in [4.78, 5) is 34.9. The third kappa shape index (κ3) is 5.51. The Labute approximate surface area is 198 Å². The van der Waals surface area contributed by atoms with Gasteiger partial charge < -0.3 is 34.4 Å². The van der Waals surface area contributed by atoms with Gasteiger partial charge in [0.2, 0.25) is 0 Å². The van der Waals surface area contributed by atoms with Crippen molar-refractivity contribution >= 4 is 17.9 Å². The molecule has 3 unspecified atom stereocenters. The molecule has 0 bridgehead atoms. The molecule has 3 atom stereocenters. The second-order valence-corrected chi connectivity index (χ2v) is 8.39. The number of amides is 3. The number of hydrogen-bond donors (Lipinski definition) is 3. The van der Waals surface area contributed by atoms with E-state index in [2.05, 4.69) is 20.5 Å². The number of morpholine rings is 1. The smallest absolute Gasteiger partial charge is 0.325 e. The Kier molecular flexibility index (Phi) is 7.70. The summed E-state index contributed by atoms with van der Waals surface area (Å²) < 4.78 is 16.2. The first-order valence-electron chi connectivity index (χ1n) is 11.4. The number of β-amino-alcohol motifs (C(OH)–C–C–N with tert-alkyl or cyclic N) is 1. The molecule has 34 heavy (non-hydrogen) atoms. The SMILES string of the molecule is COc1ccc(OCC(O)CN2C(=NCCN3CCOCC3)NC3C2C(=O)NC(=O)N3C)cc1. The highest BCUT2D eigenvalue weighted by Crippen LogP contribution is 2.22. The molecule has 0 aliphatic carbocycles. The van der Waals surface area contributed by atoms with Crippen LogP contribution in [-0.4, -0.2) is 123 Å². The third-order valence-electron chi connectivity index (χ3n) is 6.11. The van der Waals surface area contributed by atoms with E-state index in [-0.39, 0.29) is 13.2 Å². The molecule has 4 rings (SSSR count). The number of likely N-dealkylation sites (N-methyl/N-ethyl adjacent to an activating group) is 1. The molecule has 0 radical (unpaired) electrons. The lowest BCUT2D eigenvalue weighted by Crippen LogP contribution is -2.65. The van der Waals surface area contributed by atoms with Crippen LogP contribution >= 0.6 is 0 Å². The number of guanidine groups is 1. The molecule has 3 aliphatic rings. The van der Waals surface area contributed by atoms with Gasteiger partial charge in [-0.05, 0) is 24.3 Å². The van der Waals surface area contributed by atoms with Crippen molar-refractivity contribution in [3.05, 3.63) is 24.3 Å². The minimum Gasteiger partial charge on any atom is -0.497 e. The van der Waals surface area contributed by atoms with E-state index < -0.39 is 30.2 Å². The van der Waals surface area contributed by atoms with Gasteiger partial charge in [-0.3, -0.25) is 20.0 Å². The molecule has 12 nitrogen and oxygen atoms in total. The van der Waals surface area contributed by atoms with Crippen molar-refractivity contribution in [2.24, 2.45) is 4.99 Å². The first kappa shape index (κ1) is 24.0. The van der Waals surface area contributed by atoms with E-state index in [1.807, 2.05) is 0 Å². The number of fused-ring (bicyclic) bond motifs is 1. The largest absolute Gasteiger partial charge is 0.497 e. The summed E-state index contributed by atoms with van der Waals surface area (Å²) in [6, 6.07) is 5.88. The second kappa shape index (κ2) is 10.9. The van der Waals surface area contributed by atoms with Gasteiger partial charge in [0, 0.05) is 26.7 Å². The molecule has 186 valence electrons. The molecular weight excluding hydrogens is 444 g/mol. The van der Waals surface area contributed by atoms with Gasteiger partial charge in [0.05, 0.1) is 33.4 Å². The Bertz CT molecular complexity index is 890. The summed E-state index contributed by atoms with van der Waals surface area (Å²) >= 11 is 0. The number of nitrogens with zero attached hydrogens (tertiary/aromatic N) is 4. The van der Waals surface area contributed by atoms with E-state index in [0.29, 0.717) is 37.2 Å². The van der Waals surface area contributed by atoms with Crippen molar-refractivity contribution in [3.8, 4) is 11.5 Å². The molecule has 0 aromatic heterocycles. The lowest BCUT2D eigenvalue weighted by Gasteiger charge is -2.35. The highest BCUT2D eigenvalue weighted by molar-refractivity contribution is 6.04. The van der Waals surface area contributed by atoms with E-state index in [1.54, 1.807) is 43.3 Å². The zero-order valence-corrected chi connectivity index (χ0v) is 19.5. The maximum Gasteiger partial charge on any atom is 0.325 e. The molecule has 0 spiro atoms. The van der Waals surface area contributed by atoms with Crippen molar-refractivity contribution in [2.75, 3.05) is 66.7 Å². The van der Waals surface area contributed by atoms with Gasteiger partial charge in [0.25, 0.3) is 5.91 Å². The van der Waals surface area contributed by atoms with Gasteiger partial charge in [-0.1, -0.05) is 0 Å². The van der Waals surface area contributed by atoms with Gasteiger partial charge in [-0.15, -0.1) is 0 Å². The number of carbonyl (C=O) groups excluding carboxylic acids is 2. The standard InChI is InChI=1S/C22H32N6O6/c1-26-19-18(20(30)25-22(26)31)28(21(24-19)23-7-8-27-9-11-33-12-10-27)13-15(29)14-34-17-5-3-16(32-2)4-6-17/h3-6,15,18-19,29H,7-14H2,1-2H3,(H,23,24)(H,25,30,31). The van der Waals surface area contributed by atoms with Gasteiger partial charge in [0.1, 0.15) is 30.4 Å². The summed E-state index contributed by atoms with van der Waals surface area (Å²) in [6.07, 6.45) is -1.47. The number of nitrogens with one attached hydrogen (secondary N) is 2. The van der Waals surface area contributed by atoms with Crippen LogP contribution in [0.15, 0.2) is 29.3 Å². The highest BCUT2D eigenvalue weighted by Gasteiger charge is 2.50. The molecule has 1 aromatic carbocycles. The number of hydrogen-bond acceptors (Lipinski definition) is 8. The van der Waals surface area contributed by atoms with Crippen LogP contribution < -0.4 is 20.1 Å². The minimum absolute atomic E-state index is 0.0255. The fourth-order valence-corrected chi connectivity index (χ4v) is 4.19. The van der Waals surface area contributed by atoms with Crippen molar-refractivity contribution in [2.45, 2.75) is 18.3 Å². The van der Waals surface area contributed by atoms with E-state index in [1.165, 1.54) is 4.90 Å². The fraction of sp³-hybridized carbons (Fsp3) is 0.591. The number of aliphatic hydroxyl groups is 1. The molecule has 1 aromatic rings. The Morgan fingerprint density at radius 1 is 1.21 bits per heavy atom. The van der Waals surface area contributed by atoms with Crippen LogP contribution in [0.3, 0.4) is 0 Å².